The van der Waals surface area contributed by atoms with Gasteiger partial charge in [-0.25, -0.2) is 0 Å². The molecule has 1 rings (SSSR count). The summed E-state index contributed by atoms with van der Waals surface area (Å²) in [4.78, 5) is 11.7. The summed E-state index contributed by atoms with van der Waals surface area (Å²) in [6.07, 6.45) is 7.13. The number of hydrogen-bond donors (Lipinski definition) is 1. The molecule has 0 aromatic carbocycles. The Bertz CT molecular complexity index is 405. The van der Waals surface area contributed by atoms with Gasteiger partial charge < -0.3 is 14.6 Å². The van der Waals surface area contributed by atoms with Crippen molar-refractivity contribution < 1.29 is 19.4 Å². The van der Waals surface area contributed by atoms with E-state index in [1.54, 1.807) is 26.4 Å². The molecule has 4 nitrogen and oxygen atoms in total. The molecule has 0 amide bonds. The first kappa shape index (κ1) is 15.3. The molecule has 1 aliphatic carbocycles. The molecule has 0 unspecified atom stereocenters. The van der Waals surface area contributed by atoms with Crippen LogP contribution in [0.2, 0.25) is 0 Å². The number of carboxylic acids is 1. The van der Waals surface area contributed by atoms with Crippen LogP contribution in [0, 0.1) is 5.41 Å². The first-order chi connectivity index (χ1) is 8.93. The second kappa shape index (κ2) is 6.45. The zero-order valence-electron chi connectivity index (χ0n) is 12.0. The Morgan fingerprint density at radius 2 is 1.84 bits per heavy atom. The second-order valence-electron chi connectivity index (χ2n) is 4.97. The van der Waals surface area contributed by atoms with Gasteiger partial charge in [0.25, 0.3) is 0 Å². The maximum absolute atomic E-state index is 11.7. The minimum Gasteiger partial charge on any atom is -0.501 e. The topological polar surface area (TPSA) is 55.8 Å². The SMILES string of the molecule is COC1=CC(CCC=C(C)C)(C(=O)O)C=C(OC)C1. The molecule has 0 aromatic heterocycles. The van der Waals surface area contributed by atoms with Crippen molar-refractivity contribution in [2.75, 3.05) is 14.2 Å². The zero-order chi connectivity index (χ0) is 14.5. The summed E-state index contributed by atoms with van der Waals surface area (Å²) in [6.45, 7) is 4.00. The van der Waals surface area contributed by atoms with Crippen molar-refractivity contribution in [3.05, 3.63) is 35.3 Å². The molecule has 0 saturated carbocycles. The molecule has 19 heavy (non-hydrogen) atoms. The van der Waals surface area contributed by atoms with E-state index in [1.165, 1.54) is 5.57 Å². The van der Waals surface area contributed by atoms with Crippen LogP contribution in [-0.2, 0) is 14.3 Å². The fourth-order valence-corrected chi connectivity index (χ4v) is 2.13. The van der Waals surface area contributed by atoms with E-state index in [2.05, 4.69) is 0 Å². The summed E-state index contributed by atoms with van der Waals surface area (Å²) in [6, 6.07) is 0. The molecule has 4 heteroatoms. The first-order valence-electron chi connectivity index (χ1n) is 6.31. The average molecular weight is 266 g/mol. The van der Waals surface area contributed by atoms with Crippen LogP contribution in [0.15, 0.2) is 35.3 Å². The highest BCUT2D eigenvalue weighted by atomic mass is 16.5. The van der Waals surface area contributed by atoms with Gasteiger partial charge in [0.2, 0.25) is 0 Å². The number of carbonyl (C=O) groups is 1. The fourth-order valence-electron chi connectivity index (χ4n) is 2.13. The molecule has 0 saturated heterocycles. The summed E-state index contributed by atoms with van der Waals surface area (Å²) >= 11 is 0. The second-order valence-corrected chi connectivity index (χ2v) is 4.97. The summed E-state index contributed by atoms with van der Waals surface area (Å²) in [5, 5.41) is 9.56. The van der Waals surface area contributed by atoms with E-state index >= 15 is 0 Å². The van der Waals surface area contributed by atoms with Gasteiger partial charge in [0.1, 0.15) is 16.9 Å². The third-order valence-electron chi connectivity index (χ3n) is 3.22. The molecule has 0 bridgehead atoms. The molecule has 0 spiro atoms. The maximum atomic E-state index is 11.7. The summed E-state index contributed by atoms with van der Waals surface area (Å²) in [5.74, 6) is 0.399. The van der Waals surface area contributed by atoms with E-state index in [0.29, 0.717) is 30.8 Å². The van der Waals surface area contributed by atoms with Crippen molar-refractivity contribution in [2.24, 2.45) is 5.41 Å². The van der Waals surface area contributed by atoms with E-state index in [9.17, 15) is 9.90 Å². The van der Waals surface area contributed by atoms with Gasteiger partial charge >= 0.3 is 5.97 Å². The van der Waals surface area contributed by atoms with Crippen LogP contribution in [0.5, 0.6) is 0 Å². The number of hydrogen-bond acceptors (Lipinski definition) is 3. The Morgan fingerprint density at radius 3 is 2.21 bits per heavy atom. The number of rotatable bonds is 6. The molecular weight excluding hydrogens is 244 g/mol. The number of allylic oxidation sites excluding steroid dienone is 2. The summed E-state index contributed by atoms with van der Waals surface area (Å²) in [5.41, 5.74) is 0.143. The Morgan fingerprint density at radius 1 is 1.32 bits per heavy atom. The van der Waals surface area contributed by atoms with Crippen molar-refractivity contribution in [2.45, 2.75) is 33.1 Å². The van der Waals surface area contributed by atoms with Crippen molar-refractivity contribution in [3.63, 3.8) is 0 Å². The van der Waals surface area contributed by atoms with Crippen LogP contribution in [-0.4, -0.2) is 25.3 Å². The van der Waals surface area contributed by atoms with Gasteiger partial charge in [0.15, 0.2) is 0 Å². The molecule has 0 aromatic rings. The molecule has 1 N–H and O–H groups in total. The van der Waals surface area contributed by atoms with Gasteiger partial charge in [-0.05, 0) is 38.8 Å². The van der Waals surface area contributed by atoms with Crippen LogP contribution in [0.3, 0.4) is 0 Å². The predicted octanol–water partition coefficient (Wildman–Crippen LogP) is 3.27. The zero-order valence-corrected chi connectivity index (χ0v) is 12.0. The van der Waals surface area contributed by atoms with Crippen LogP contribution >= 0.6 is 0 Å². The van der Waals surface area contributed by atoms with Crippen LogP contribution < -0.4 is 0 Å². The molecular formula is C15H22O4. The molecule has 106 valence electrons. The minimum absolute atomic E-state index is 0.493. The Balaban J connectivity index is 3.04. The van der Waals surface area contributed by atoms with E-state index in [4.69, 9.17) is 9.47 Å². The maximum Gasteiger partial charge on any atom is 0.317 e. The van der Waals surface area contributed by atoms with E-state index < -0.39 is 11.4 Å². The van der Waals surface area contributed by atoms with Crippen molar-refractivity contribution in [3.8, 4) is 0 Å². The molecule has 0 fully saturated rings. The molecule has 0 aliphatic heterocycles. The lowest BCUT2D eigenvalue weighted by Crippen LogP contribution is -2.30. The Labute approximate surface area is 114 Å². The third kappa shape index (κ3) is 3.88. The lowest BCUT2D eigenvalue weighted by atomic mass is 9.78. The average Bonchev–Trinajstić information content (AvgIpc) is 2.37. The van der Waals surface area contributed by atoms with Gasteiger partial charge in [-0.2, -0.15) is 0 Å². The minimum atomic E-state index is -1.04. The smallest absolute Gasteiger partial charge is 0.317 e. The van der Waals surface area contributed by atoms with E-state index in [-0.39, 0.29) is 0 Å². The lowest BCUT2D eigenvalue weighted by Gasteiger charge is -2.28. The van der Waals surface area contributed by atoms with Gasteiger partial charge in [-0.15, -0.1) is 0 Å². The van der Waals surface area contributed by atoms with Gasteiger partial charge in [-0.3, -0.25) is 4.79 Å². The summed E-state index contributed by atoms with van der Waals surface area (Å²) < 4.78 is 10.4. The van der Waals surface area contributed by atoms with Crippen LogP contribution in [0.4, 0.5) is 0 Å². The third-order valence-corrected chi connectivity index (χ3v) is 3.22. The number of aliphatic carboxylic acids is 1. The fraction of sp³-hybridized carbons (Fsp3) is 0.533. The molecule has 0 atom stereocenters. The number of ether oxygens (including phenoxy) is 2. The van der Waals surface area contributed by atoms with Gasteiger partial charge in [-0.1, -0.05) is 11.6 Å². The Kier molecular flexibility index (Phi) is 5.21. The van der Waals surface area contributed by atoms with Crippen LogP contribution in [0.25, 0.3) is 0 Å². The largest absolute Gasteiger partial charge is 0.501 e. The highest BCUT2D eigenvalue weighted by Crippen LogP contribution is 2.37. The molecule has 0 heterocycles. The molecule has 0 radical (unpaired) electrons. The number of methoxy groups -OCH3 is 2. The van der Waals surface area contributed by atoms with Crippen LogP contribution in [0.1, 0.15) is 33.1 Å². The standard InChI is InChI=1S/C15H22O4/c1-11(2)6-5-7-15(14(16)17)9-12(18-3)8-13(10-15)19-4/h6,9-10H,5,7-8H2,1-4H3,(H,16,17). The molecule has 1 aliphatic rings. The highest BCUT2D eigenvalue weighted by Gasteiger charge is 2.38. The van der Waals surface area contributed by atoms with E-state index in [1.807, 2.05) is 19.9 Å². The van der Waals surface area contributed by atoms with E-state index in [0.717, 1.165) is 0 Å². The normalized spacial score (nSPS) is 17.1. The first-order valence-corrected chi connectivity index (χ1v) is 6.31. The monoisotopic (exact) mass is 266 g/mol. The van der Waals surface area contributed by atoms with Gasteiger partial charge in [0, 0.05) is 0 Å². The van der Waals surface area contributed by atoms with Crippen molar-refractivity contribution in [1.29, 1.82) is 0 Å². The van der Waals surface area contributed by atoms with Gasteiger partial charge in [0.05, 0.1) is 20.6 Å². The Hall–Kier alpha value is -1.71. The number of carboxylic acid groups (broad SMARTS) is 1. The highest BCUT2D eigenvalue weighted by molar-refractivity contribution is 5.80. The summed E-state index contributed by atoms with van der Waals surface area (Å²) in [7, 11) is 3.10. The van der Waals surface area contributed by atoms with Crippen molar-refractivity contribution >= 4 is 5.97 Å². The lowest BCUT2D eigenvalue weighted by molar-refractivity contribution is -0.144. The quantitative estimate of drug-likeness (QED) is 0.750. The van der Waals surface area contributed by atoms with Crippen molar-refractivity contribution in [1.82, 2.24) is 0 Å². The predicted molar refractivity (Wildman–Crippen MR) is 73.5 cm³/mol.